The Morgan fingerprint density at radius 2 is 1.79 bits per heavy atom. The Morgan fingerprint density at radius 1 is 1.06 bits per heavy atom. The minimum Gasteiger partial charge on any atom is -0.491 e. The van der Waals surface area contributed by atoms with Gasteiger partial charge in [-0.1, -0.05) is 11.6 Å². The minimum absolute atomic E-state index is 0.0127. The van der Waals surface area contributed by atoms with Crippen LogP contribution in [0.5, 0.6) is 17.2 Å². The van der Waals surface area contributed by atoms with E-state index in [1.165, 1.54) is 39.3 Å². The normalized spacial score (nSPS) is 14.3. The van der Waals surface area contributed by atoms with Crippen LogP contribution in [-0.4, -0.2) is 41.6 Å². The van der Waals surface area contributed by atoms with Crippen LogP contribution in [0, 0.1) is 10.1 Å². The first kappa shape index (κ1) is 23.7. The van der Waals surface area contributed by atoms with Crippen molar-refractivity contribution in [3.05, 3.63) is 79.7 Å². The highest BCUT2D eigenvalue weighted by Crippen LogP contribution is 2.41. The van der Waals surface area contributed by atoms with Crippen LogP contribution in [0.15, 0.2) is 53.5 Å². The van der Waals surface area contributed by atoms with Crippen LogP contribution in [0.2, 0.25) is 5.02 Å². The van der Waals surface area contributed by atoms with Crippen LogP contribution in [0.4, 0.5) is 5.69 Å². The average Bonchev–Trinajstić information content (AvgIpc) is 2.75. The molecule has 0 spiro atoms. The van der Waals surface area contributed by atoms with Gasteiger partial charge in [-0.3, -0.25) is 14.9 Å². The number of pyridine rings is 1. The molecule has 0 aliphatic carbocycles. The summed E-state index contributed by atoms with van der Waals surface area (Å²) in [5.41, 5.74) is 0.681. The van der Waals surface area contributed by atoms with E-state index < -0.39 is 14.9 Å². The number of benzene rings is 2. The van der Waals surface area contributed by atoms with Crippen LogP contribution in [-0.2, 0) is 23.6 Å². The third-order valence-corrected chi connectivity index (χ3v) is 6.80. The van der Waals surface area contributed by atoms with E-state index in [4.69, 9.17) is 21.1 Å². The summed E-state index contributed by atoms with van der Waals surface area (Å²) in [6.07, 6.45) is 2.58. The van der Waals surface area contributed by atoms with E-state index in [0.717, 1.165) is 6.26 Å². The number of hydrogen-bond acceptors (Lipinski definition) is 7. The SMILES string of the molecule is Cn1cc2c(cc1=O)OCCN(S(C)(=O)=O)Cc1cc(Cl)ccc1Oc1ccc([N+](=O)[O-])cc1-2. The Kier molecular flexibility index (Phi) is 6.34. The van der Waals surface area contributed by atoms with Crippen molar-refractivity contribution in [2.45, 2.75) is 6.54 Å². The van der Waals surface area contributed by atoms with Crippen molar-refractivity contribution in [3.63, 3.8) is 0 Å². The fourth-order valence-electron chi connectivity index (χ4n) is 3.56. The summed E-state index contributed by atoms with van der Waals surface area (Å²) in [6, 6.07) is 10.1. The summed E-state index contributed by atoms with van der Waals surface area (Å²) >= 11 is 6.16. The number of halogens is 1. The van der Waals surface area contributed by atoms with E-state index in [1.54, 1.807) is 25.2 Å². The van der Waals surface area contributed by atoms with Crippen LogP contribution in [0.3, 0.4) is 0 Å². The summed E-state index contributed by atoms with van der Waals surface area (Å²) in [5, 5.41) is 11.9. The zero-order valence-electron chi connectivity index (χ0n) is 18.2. The molecule has 1 aromatic heterocycles. The van der Waals surface area contributed by atoms with Gasteiger partial charge in [0.15, 0.2) is 0 Å². The molecular formula is C22H20ClN3O7S. The number of aryl methyl sites for hydroxylation is 1. The molecule has 0 bridgehead atoms. The van der Waals surface area contributed by atoms with Gasteiger partial charge >= 0.3 is 0 Å². The largest absolute Gasteiger partial charge is 0.491 e. The standard InChI is InChI=1S/C22H20ClN3O7S/c1-24-13-18-17-10-16(26(28)29)4-6-20(17)33-19-5-3-15(23)9-14(19)12-25(34(2,30)31)7-8-32-21(18)11-22(24)27/h3-6,9-11,13H,7-8,12H2,1-2H3. The first-order chi connectivity index (χ1) is 16.0. The zero-order chi connectivity index (χ0) is 24.6. The average molecular weight is 506 g/mol. The molecule has 0 fully saturated rings. The molecule has 2 aromatic carbocycles. The Morgan fingerprint density at radius 3 is 2.50 bits per heavy atom. The fraction of sp³-hybridized carbons (Fsp3) is 0.227. The van der Waals surface area contributed by atoms with Crippen LogP contribution < -0.4 is 15.0 Å². The Balaban J connectivity index is 1.98. The van der Waals surface area contributed by atoms with Crippen molar-refractivity contribution < 1.29 is 22.8 Å². The van der Waals surface area contributed by atoms with Gasteiger partial charge in [0.1, 0.15) is 23.9 Å². The van der Waals surface area contributed by atoms with Gasteiger partial charge in [-0.15, -0.1) is 0 Å². The van der Waals surface area contributed by atoms with Gasteiger partial charge in [-0.2, -0.15) is 4.31 Å². The molecule has 2 heterocycles. The first-order valence-corrected chi connectivity index (χ1v) is 12.3. The van der Waals surface area contributed by atoms with E-state index in [9.17, 15) is 23.3 Å². The van der Waals surface area contributed by atoms with Crippen LogP contribution >= 0.6 is 11.6 Å². The quantitative estimate of drug-likeness (QED) is 0.385. The smallest absolute Gasteiger partial charge is 0.270 e. The number of hydrogen-bond donors (Lipinski definition) is 0. The second-order valence-electron chi connectivity index (χ2n) is 7.74. The molecule has 34 heavy (non-hydrogen) atoms. The van der Waals surface area contributed by atoms with Crippen LogP contribution in [0.25, 0.3) is 11.1 Å². The van der Waals surface area contributed by atoms with Crippen molar-refractivity contribution in [3.8, 4) is 28.4 Å². The maximum absolute atomic E-state index is 12.4. The lowest BCUT2D eigenvalue weighted by atomic mass is 10.0. The molecule has 0 radical (unpaired) electrons. The number of aromatic nitrogens is 1. The number of nitrogens with zero attached hydrogens (tertiary/aromatic N) is 3. The highest BCUT2D eigenvalue weighted by Gasteiger charge is 2.24. The predicted octanol–water partition coefficient (Wildman–Crippen LogP) is 3.56. The lowest BCUT2D eigenvalue weighted by Crippen LogP contribution is -2.33. The summed E-state index contributed by atoms with van der Waals surface area (Å²) in [7, 11) is -2.08. The second-order valence-corrected chi connectivity index (χ2v) is 10.2. The highest BCUT2D eigenvalue weighted by atomic mass is 35.5. The molecule has 1 aliphatic heterocycles. The highest BCUT2D eigenvalue weighted by molar-refractivity contribution is 7.88. The number of nitro groups is 1. The van der Waals surface area contributed by atoms with Gasteiger partial charge in [0, 0.05) is 66.2 Å². The van der Waals surface area contributed by atoms with Crippen molar-refractivity contribution in [2.75, 3.05) is 19.4 Å². The molecule has 10 nitrogen and oxygen atoms in total. The molecule has 0 unspecified atom stereocenters. The molecule has 1 aliphatic rings. The number of non-ortho nitro benzene ring substituents is 1. The molecule has 0 saturated carbocycles. The third kappa shape index (κ3) is 4.91. The molecule has 178 valence electrons. The van der Waals surface area contributed by atoms with Crippen molar-refractivity contribution in [2.24, 2.45) is 7.05 Å². The topological polar surface area (TPSA) is 121 Å². The lowest BCUT2D eigenvalue weighted by Gasteiger charge is -2.24. The van der Waals surface area contributed by atoms with Gasteiger partial charge < -0.3 is 14.0 Å². The summed E-state index contributed by atoms with van der Waals surface area (Å²) < 4.78 is 39.3. The zero-order valence-corrected chi connectivity index (χ0v) is 19.8. The van der Waals surface area contributed by atoms with E-state index in [1.807, 2.05) is 0 Å². The number of nitro benzene ring substituents is 1. The van der Waals surface area contributed by atoms with Crippen molar-refractivity contribution >= 4 is 27.3 Å². The van der Waals surface area contributed by atoms with Gasteiger partial charge in [0.2, 0.25) is 10.0 Å². The monoisotopic (exact) mass is 505 g/mol. The van der Waals surface area contributed by atoms with Crippen LogP contribution in [0.1, 0.15) is 5.56 Å². The Bertz CT molecular complexity index is 1450. The maximum atomic E-state index is 12.4. The molecule has 4 rings (SSSR count). The molecular weight excluding hydrogens is 486 g/mol. The van der Waals surface area contributed by atoms with E-state index in [0.29, 0.717) is 27.5 Å². The summed E-state index contributed by atoms with van der Waals surface area (Å²) in [5.74, 6) is 0.740. The molecule has 0 saturated heterocycles. The fourth-order valence-corrected chi connectivity index (χ4v) is 4.54. The first-order valence-electron chi connectivity index (χ1n) is 10.1. The van der Waals surface area contributed by atoms with Crippen molar-refractivity contribution in [1.29, 1.82) is 0 Å². The number of ether oxygens (including phenoxy) is 2. The van der Waals surface area contributed by atoms with Gasteiger partial charge in [0.25, 0.3) is 11.2 Å². The minimum atomic E-state index is -3.62. The third-order valence-electron chi connectivity index (χ3n) is 5.31. The number of rotatable bonds is 2. The van der Waals surface area contributed by atoms with E-state index >= 15 is 0 Å². The van der Waals surface area contributed by atoms with Gasteiger partial charge in [0.05, 0.1) is 11.2 Å². The predicted molar refractivity (Wildman–Crippen MR) is 126 cm³/mol. The van der Waals surface area contributed by atoms with E-state index in [-0.39, 0.29) is 42.4 Å². The summed E-state index contributed by atoms with van der Waals surface area (Å²) in [4.78, 5) is 23.2. The molecule has 12 heteroatoms. The molecule has 0 amide bonds. The van der Waals surface area contributed by atoms with E-state index in [2.05, 4.69) is 0 Å². The van der Waals surface area contributed by atoms with Gasteiger partial charge in [-0.05, 0) is 24.3 Å². The van der Waals surface area contributed by atoms with Crippen molar-refractivity contribution in [1.82, 2.24) is 8.87 Å². The Labute approximate surface area is 200 Å². The van der Waals surface area contributed by atoms with Gasteiger partial charge in [-0.25, -0.2) is 8.42 Å². The molecule has 0 N–H and O–H groups in total. The molecule has 3 aromatic rings. The number of sulfonamides is 1. The number of fused-ring (bicyclic) bond motifs is 4. The second kappa shape index (κ2) is 9.09. The lowest BCUT2D eigenvalue weighted by molar-refractivity contribution is -0.384. The molecule has 0 atom stereocenters. The maximum Gasteiger partial charge on any atom is 0.270 e. The Hall–Kier alpha value is -3.41. The summed E-state index contributed by atoms with van der Waals surface area (Å²) in [6.45, 7) is -0.112.